The van der Waals surface area contributed by atoms with Crippen LogP contribution >= 0.6 is 0 Å². The maximum Gasteiger partial charge on any atom is 0.333 e. The highest BCUT2D eigenvalue weighted by Crippen LogP contribution is 2.22. The number of carbonyl (C=O) groups is 1. The molecular formula is C15H18O7. The maximum absolute atomic E-state index is 11.8. The smallest absolute Gasteiger partial charge is 0.333 e. The minimum atomic E-state index is -1.67. The first-order valence-electron chi connectivity index (χ1n) is 7.19. The second-order valence-corrected chi connectivity index (χ2v) is 4.79. The number of rotatable bonds is 4. The lowest BCUT2D eigenvalue weighted by molar-refractivity contribution is -0.291. The molecule has 4 N–H and O–H groups in total. The molecule has 0 aliphatic carbocycles. The number of aliphatic hydroxyl groups is 4. The van der Waals surface area contributed by atoms with Gasteiger partial charge in [0.1, 0.15) is 24.4 Å². The number of esters is 1. The first kappa shape index (κ1) is 15.1. The zero-order valence-electron chi connectivity index (χ0n) is 12.6. The Labute approximate surface area is 128 Å². The molecule has 7 nitrogen and oxygen atoms in total. The van der Waals surface area contributed by atoms with Crippen molar-refractivity contribution in [3.05, 3.63) is 42.0 Å². The Balaban J connectivity index is 2.04. The van der Waals surface area contributed by atoms with Gasteiger partial charge in [0.2, 0.25) is 6.29 Å². The molecule has 0 radical (unpaired) electrons. The lowest BCUT2D eigenvalue weighted by Gasteiger charge is -2.38. The summed E-state index contributed by atoms with van der Waals surface area (Å²) >= 11 is 0. The van der Waals surface area contributed by atoms with E-state index < -0.39 is 43.3 Å². The van der Waals surface area contributed by atoms with Gasteiger partial charge in [-0.25, -0.2) is 4.79 Å². The number of ether oxygens (including phenoxy) is 2. The molecule has 1 aliphatic rings. The summed E-state index contributed by atoms with van der Waals surface area (Å²) in [5.41, 5.74) is 0.498. The van der Waals surface area contributed by atoms with Crippen LogP contribution in [0.2, 0.25) is 0 Å². The highest BCUT2D eigenvalue weighted by molar-refractivity contribution is 5.87. The monoisotopic (exact) mass is 311 g/mol. The van der Waals surface area contributed by atoms with Crippen LogP contribution in [0.4, 0.5) is 0 Å². The molecule has 1 heterocycles. The normalized spacial score (nSPS) is 33.2. The Bertz CT molecular complexity index is 560. The van der Waals surface area contributed by atoms with Crippen LogP contribution in [0.3, 0.4) is 0 Å². The largest absolute Gasteiger partial charge is 0.430 e. The topological polar surface area (TPSA) is 116 Å². The molecule has 0 amide bonds. The van der Waals surface area contributed by atoms with E-state index in [-0.39, 0.29) is 6.05 Å². The maximum atomic E-state index is 11.8. The minimum Gasteiger partial charge on any atom is -0.430 e. The van der Waals surface area contributed by atoms with Crippen LogP contribution in [-0.4, -0.2) is 63.7 Å². The van der Waals surface area contributed by atoms with Crippen molar-refractivity contribution in [1.29, 1.82) is 0 Å². The van der Waals surface area contributed by atoms with Gasteiger partial charge in [-0.05, 0) is 11.6 Å². The third-order valence-electron chi connectivity index (χ3n) is 3.21. The Hall–Kier alpha value is -1.77. The highest BCUT2D eigenvalue weighted by atomic mass is 16.7. The van der Waals surface area contributed by atoms with Crippen LogP contribution in [0.1, 0.15) is 6.93 Å². The van der Waals surface area contributed by atoms with Crippen molar-refractivity contribution < 1.29 is 36.1 Å². The molecule has 0 spiro atoms. The lowest BCUT2D eigenvalue weighted by atomic mass is 9.99. The van der Waals surface area contributed by atoms with E-state index >= 15 is 0 Å². The zero-order valence-corrected chi connectivity index (χ0v) is 11.6. The number of carbonyl (C=O) groups excluding carboxylic acids is 1. The molecule has 2 rings (SSSR count). The van der Waals surface area contributed by atoms with Crippen LogP contribution in [0.15, 0.2) is 36.4 Å². The quantitative estimate of drug-likeness (QED) is 0.418. The SMILES string of the molecule is [2H]/C(=C\C(=O)OC1O[C@H](CO)[C@@H](O)[C@H](O)[C@H]1O)c1ccccc1. The van der Waals surface area contributed by atoms with Gasteiger partial charge >= 0.3 is 5.97 Å². The van der Waals surface area contributed by atoms with Crippen LogP contribution in [0.25, 0.3) is 6.05 Å². The van der Waals surface area contributed by atoms with E-state index in [1.807, 2.05) is 0 Å². The summed E-state index contributed by atoms with van der Waals surface area (Å²) < 4.78 is 17.7. The van der Waals surface area contributed by atoms with E-state index in [0.29, 0.717) is 5.56 Å². The van der Waals surface area contributed by atoms with Gasteiger partial charge in [-0.3, -0.25) is 0 Å². The molecule has 120 valence electrons. The predicted octanol–water partition coefficient (Wildman–Crippen LogP) is -0.957. The fourth-order valence-electron chi connectivity index (χ4n) is 1.99. The van der Waals surface area contributed by atoms with E-state index in [0.717, 1.165) is 6.08 Å². The molecule has 5 atom stereocenters. The van der Waals surface area contributed by atoms with E-state index in [9.17, 15) is 20.1 Å². The fourth-order valence-corrected chi connectivity index (χ4v) is 1.99. The first-order valence-corrected chi connectivity index (χ1v) is 6.69. The van der Waals surface area contributed by atoms with Crippen LogP contribution in [-0.2, 0) is 14.3 Å². The summed E-state index contributed by atoms with van der Waals surface area (Å²) in [5, 5.41) is 38.0. The molecule has 1 aliphatic heterocycles. The van der Waals surface area contributed by atoms with Crippen molar-refractivity contribution in [2.24, 2.45) is 0 Å². The number of hydrogen-bond donors (Lipinski definition) is 4. The van der Waals surface area contributed by atoms with Gasteiger partial charge in [0.05, 0.1) is 7.98 Å². The molecule has 7 heteroatoms. The van der Waals surface area contributed by atoms with E-state index in [2.05, 4.69) is 0 Å². The summed E-state index contributed by atoms with van der Waals surface area (Å²) in [4.78, 5) is 11.8. The molecule has 1 unspecified atom stereocenters. The average Bonchev–Trinajstić information content (AvgIpc) is 2.56. The molecule has 22 heavy (non-hydrogen) atoms. The third-order valence-corrected chi connectivity index (χ3v) is 3.21. The van der Waals surface area contributed by atoms with Crippen molar-refractivity contribution in [3.63, 3.8) is 0 Å². The molecule has 0 saturated carbocycles. The lowest BCUT2D eigenvalue weighted by Crippen LogP contribution is -2.59. The van der Waals surface area contributed by atoms with E-state index in [4.69, 9.17) is 16.0 Å². The van der Waals surface area contributed by atoms with E-state index in [1.165, 1.54) is 0 Å². The van der Waals surface area contributed by atoms with Crippen LogP contribution in [0.5, 0.6) is 0 Å². The molecular weight excluding hydrogens is 292 g/mol. The summed E-state index contributed by atoms with van der Waals surface area (Å²) in [6.45, 7) is -0.622. The van der Waals surface area contributed by atoms with Crippen molar-refractivity contribution in [2.75, 3.05) is 6.61 Å². The highest BCUT2D eigenvalue weighted by Gasteiger charge is 2.45. The minimum absolute atomic E-state index is 0.0970. The average molecular weight is 311 g/mol. The van der Waals surface area contributed by atoms with Gasteiger partial charge in [0.15, 0.2) is 0 Å². The van der Waals surface area contributed by atoms with Crippen LogP contribution in [0, 0.1) is 0 Å². The molecule has 0 aromatic heterocycles. The second kappa shape index (κ2) is 7.48. The number of benzene rings is 1. The molecule has 1 fully saturated rings. The summed E-state index contributed by atoms with van der Waals surface area (Å²) in [7, 11) is 0. The van der Waals surface area contributed by atoms with Crippen molar-refractivity contribution in [2.45, 2.75) is 30.7 Å². The Morgan fingerprint density at radius 1 is 1.23 bits per heavy atom. The second-order valence-electron chi connectivity index (χ2n) is 4.79. The van der Waals surface area contributed by atoms with Gasteiger partial charge in [-0.1, -0.05) is 30.3 Å². The van der Waals surface area contributed by atoms with Gasteiger partial charge < -0.3 is 29.9 Å². The molecule has 1 aromatic rings. The Kier molecular flexibility index (Phi) is 5.15. The molecule has 0 bridgehead atoms. The number of hydrogen-bond acceptors (Lipinski definition) is 7. The predicted molar refractivity (Wildman–Crippen MR) is 75.3 cm³/mol. The van der Waals surface area contributed by atoms with E-state index in [1.54, 1.807) is 30.3 Å². The first-order chi connectivity index (χ1) is 10.9. The van der Waals surface area contributed by atoms with Crippen molar-refractivity contribution >= 4 is 12.0 Å². The van der Waals surface area contributed by atoms with Crippen LogP contribution < -0.4 is 0 Å². The molecule has 1 aromatic carbocycles. The summed E-state index contributed by atoms with van der Waals surface area (Å²) in [6.07, 6.45) is -6.66. The van der Waals surface area contributed by atoms with Gasteiger partial charge in [0, 0.05) is 6.08 Å². The van der Waals surface area contributed by atoms with Crippen molar-refractivity contribution in [1.82, 2.24) is 0 Å². The van der Waals surface area contributed by atoms with Crippen molar-refractivity contribution in [3.8, 4) is 0 Å². The summed E-state index contributed by atoms with van der Waals surface area (Å²) in [5.74, 6) is -0.955. The fraction of sp³-hybridized carbons (Fsp3) is 0.400. The van der Waals surface area contributed by atoms with Gasteiger partial charge in [-0.2, -0.15) is 0 Å². The molecule has 1 saturated heterocycles. The van der Waals surface area contributed by atoms with Gasteiger partial charge in [-0.15, -0.1) is 0 Å². The summed E-state index contributed by atoms with van der Waals surface area (Å²) in [6, 6.07) is 8.37. The Morgan fingerprint density at radius 2 is 1.91 bits per heavy atom. The Morgan fingerprint density at radius 3 is 2.55 bits per heavy atom. The standard InChI is InChI=1S/C15H18O7/c16-8-10-12(18)13(19)14(20)15(21-10)22-11(17)7-6-9-4-2-1-3-5-9/h1-7,10,12-16,18-20H,8H2/b7-6+/t10-,12-,13+,14-,15?/m1/s1/i6D. The zero-order chi connectivity index (χ0) is 17.0. The number of aliphatic hydroxyl groups excluding tert-OH is 4. The third kappa shape index (κ3) is 3.90. The van der Waals surface area contributed by atoms with Gasteiger partial charge in [0.25, 0.3) is 0 Å².